The van der Waals surface area contributed by atoms with Crippen molar-refractivity contribution in [1.82, 2.24) is 5.32 Å². The molecule has 0 unspecified atom stereocenters. The normalized spacial score (nSPS) is 21.1. The lowest BCUT2D eigenvalue weighted by molar-refractivity contribution is -0.174. The van der Waals surface area contributed by atoms with Crippen molar-refractivity contribution in [3.8, 4) is 0 Å². The number of carbonyl (C=O) groups is 3. The van der Waals surface area contributed by atoms with Crippen LogP contribution in [0.25, 0.3) is 0 Å². The maximum Gasteiger partial charge on any atom is 0.508 e. The van der Waals surface area contributed by atoms with E-state index in [4.69, 9.17) is 14.2 Å². The second-order valence-electron chi connectivity index (χ2n) is 4.91. The predicted molar refractivity (Wildman–Crippen MR) is 74.4 cm³/mol. The third-order valence-electron chi connectivity index (χ3n) is 3.19. The molecule has 1 aliphatic heterocycles. The molecule has 1 aromatic carbocycles. The topological polar surface area (TPSA) is 90.9 Å². The molecule has 0 bridgehead atoms. The Balaban J connectivity index is 1.80. The summed E-state index contributed by atoms with van der Waals surface area (Å²) in [5.41, 5.74) is 0.825. The number of carbonyl (C=O) groups excluding carboxylic acids is 3. The van der Waals surface area contributed by atoms with Gasteiger partial charge in [-0.15, -0.1) is 0 Å². The van der Waals surface area contributed by atoms with Gasteiger partial charge in [0.15, 0.2) is 6.23 Å². The standard InChI is InChI=1S/C15H17NO6/c1-9(12-13(18)16-14(12)22-10(2)17)21-15(19)20-8-11-6-4-3-5-7-11/h3-7,9,12,14H,8H2,1-2H3,(H,16,18)/t9-,12+,14-/m1/s1. The van der Waals surface area contributed by atoms with Crippen molar-refractivity contribution >= 4 is 18.0 Å². The van der Waals surface area contributed by atoms with Gasteiger partial charge in [0.25, 0.3) is 0 Å². The molecule has 1 aromatic rings. The van der Waals surface area contributed by atoms with E-state index >= 15 is 0 Å². The predicted octanol–water partition coefficient (Wildman–Crippen LogP) is 1.36. The first kappa shape index (κ1) is 15.8. The van der Waals surface area contributed by atoms with Crippen LogP contribution >= 0.6 is 0 Å². The molecule has 7 nitrogen and oxygen atoms in total. The number of amides is 1. The minimum atomic E-state index is -0.877. The first-order valence-corrected chi connectivity index (χ1v) is 6.82. The molecule has 0 saturated carbocycles. The highest BCUT2D eigenvalue weighted by Crippen LogP contribution is 2.23. The highest BCUT2D eigenvalue weighted by atomic mass is 16.7. The second-order valence-corrected chi connectivity index (χ2v) is 4.91. The van der Waals surface area contributed by atoms with E-state index < -0.39 is 30.4 Å². The molecule has 7 heteroatoms. The number of rotatable bonds is 5. The molecule has 22 heavy (non-hydrogen) atoms. The summed E-state index contributed by atoms with van der Waals surface area (Å²) in [4.78, 5) is 34.0. The van der Waals surface area contributed by atoms with Gasteiger partial charge in [0.05, 0.1) is 0 Å². The third-order valence-corrected chi connectivity index (χ3v) is 3.19. The smallest absolute Gasteiger partial charge is 0.441 e. The maximum absolute atomic E-state index is 11.6. The summed E-state index contributed by atoms with van der Waals surface area (Å²) in [6, 6.07) is 9.14. The molecule has 118 valence electrons. The van der Waals surface area contributed by atoms with Gasteiger partial charge in [0.2, 0.25) is 5.91 Å². The number of nitrogens with one attached hydrogen (secondary N) is 1. The van der Waals surface area contributed by atoms with Crippen molar-refractivity contribution in [2.24, 2.45) is 5.92 Å². The van der Waals surface area contributed by atoms with Crippen molar-refractivity contribution in [1.29, 1.82) is 0 Å². The molecule has 1 N–H and O–H groups in total. The van der Waals surface area contributed by atoms with Crippen LogP contribution in [0.15, 0.2) is 30.3 Å². The highest BCUT2D eigenvalue weighted by Gasteiger charge is 2.47. The highest BCUT2D eigenvalue weighted by molar-refractivity contribution is 5.87. The SMILES string of the molecule is CC(=O)O[C@H]1NC(=O)[C@@H]1[C@@H](C)OC(=O)OCc1ccccc1. The third kappa shape index (κ3) is 3.97. The first-order chi connectivity index (χ1) is 10.5. The molecule has 3 atom stereocenters. The Kier molecular flexibility index (Phi) is 4.98. The van der Waals surface area contributed by atoms with Gasteiger partial charge in [-0.05, 0) is 12.5 Å². The van der Waals surface area contributed by atoms with E-state index in [-0.39, 0.29) is 12.5 Å². The van der Waals surface area contributed by atoms with Crippen molar-refractivity contribution in [2.45, 2.75) is 32.8 Å². The van der Waals surface area contributed by atoms with Crippen molar-refractivity contribution in [3.05, 3.63) is 35.9 Å². The fraction of sp³-hybridized carbons (Fsp3) is 0.400. The van der Waals surface area contributed by atoms with Crippen LogP contribution in [0, 0.1) is 5.92 Å². The fourth-order valence-electron chi connectivity index (χ4n) is 2.08. The minimum Gasteiger partial charge on any atom is -0.441 e. The van der Waals surface area contributed by atoms with E-state index in [1.54, 1.807) is 6.92 Å². The molecule has 2 rings (SSSR count). The van der Waals surface area contributed by atoms with E-state index in [0.717, 1.165) is 5.56 Å². The Morgan fingerprint density at radius 1 is 1.27 bits per heavy atom. The average Bonchev–Trinajstić information content (AvgIpc) is 2.44. The number of β-lactam (4-membered cyclic amide) rings is 1. The summed E-state index contributed by atoms with van der Waals surface area (Å²) in [6.45, 7) is 2.86. The molecule has 1 heterocycles. The Morgan fingerprint density at radius 3 is 2.55 bits per heavy atom. The zero-order chi connectivity index (χ0) is 16.1. The van der Waals surface area contributed by atoms with Crippen LogP contribution in [0.5, 0.6) is 0 Å². The van der Waals surface area contributed by atoms with Gasteiger partial charge in [-0.2, -0.15) is 0 Å². The van der Waals surface area contributed by atoms with Gasteiger partial charge in [0.1, 0.15) is 18.6 Å². The molecule has 1 aliphatic rings. The van der Waals surface area contributed by atoms with Crippen LogP contribution in [0.2, 0.25) is 0 Å². The number of hydrogen-bond donors (Lipinski definition) is 1. The largest absolute Gasteiger partial charge is 0.508 e. The Hall–Kier alpha value is -2.57. The van der Waals surface area contributed by atoms with Gasteiger partial charge in [-0.1, -0.05) is 30.3 Å². The fourth-order valence-corrected chi connectivity index (χ4v) is 2.08. The summed E-state index contributed by atoms with van der Waals surface area (Å²) in [7, 11) is 0. The minimum absolute atomic E-state index is 0.0800. The lowest BCUT2D eigenvalue weighted by atomic mass is 9.93. The van der Waals surface area contributed by atoms with Crippen molar-refractivity contribution in [2.75, 3.05) is 0 Å². The van der Waals surface area contributed by atoms with Gasteiger partial charge in [-0.3, -0.25) is 9.59 Å². The average molecular weight is 307 g/mol. The second kappa shape index (κ2) is 6.93. The zero-order valence-corrected chi connectivity index (χ0v) is 12.3. The number of ether oxygens (including phenoxy) is 3. The lowest BCUT2D eigenvalue weighted by Gasteiger charge is -2.38. The van der Waals surface area contributed by atoms with E-state index in [1.807, 2.05) is 30.3 Å². The van der Waals surface area contributed by atoms with Crippen LogP contribution in [0.3, 0.4) is 0 Å². The van der Waals surface area contributed by atoms with E-state index in [0.29, 0.717) is 0 Å². The van der Waals surface area contributed by atoms with E-state index in [2.05, 4.69) is 5.32 Å². The molecule has 0 aliphatic carbocycles. The van der Waals surface area contributed by atoms with Crippen LogP contribution in [-0.4, -0.2) is 30.4 Å². The van der Waals surface area contributed by atoms with Gasteiger partial charge in [0, 0.05) is 6.92 Å². The van der Waals surface area contributed by atoms with Crippen LogP contribution in [0.1, 0.15) is 19.4 Å². The van der Waals surface area contributed by atoms with Gasteiger partial charge >= 0.3 is 12.1 Å². The number of esters is 1. The van der Waals surface area contributed by atoms with Crippen LogP contribution in [-0.2, 0) is 30.4 Å². The summed E-state index contributed by atoms with van der Waals surface area (Å²) in [5.74, 6) is -1.59. The van der Waals surface area contributed by atoms with Crippen molar-refractivity contribution in [3.63, 3.8) is 0 Å². The van der Waals surface area contributed by atoms with E-state index in [9.17, 15) is 14.4 Å². The maximum atomic E-state index is 11.6. The molecular weight excluding hydrogens is 290 g/mol. The summed E-state index contributed by atoms with van der Waals surface area (Å²) >= 11 is 0. The van der Waals surface area contributed by atoms with Crippen LogP contribution in [0.4, 0.5) is 4.79 Å². The summed E-state index contributed by atoms with van der Waals surface area (Å²) in [6.07, 6.45) is -2.42. The van der Waals surface area contributed by atoms with Gasteiger partial charge < -0.3 is 19.5 Å². The Bertz CT molecular complexity index is 558. The molecule has 1 amide bonds. The molecule has 0 radical (unpaired) electrons. The molecular formula is C15H17NO6. The number of hydrogen-bond acceptors (Lipinski definition) is 6. The Morgan fingerprint density at radius 2 is 1.95 bits per heavy atom. The van der Waals surface area contributed by atoms with Crippen LogP contribution < -0.4 is 5.32 Å². The first-order valence-electron chi connectivity index (χ1n) is 6.82. The summed E-state index contributed by atoms with van der Waals surface area (Å²) < 4.78 is 14.9. The lowest BCUT2D eigenvalue weighted by Crippen LogP contribution is -2.63. The number of benzene rings is 1. The molecule has 0 spiro atoms. The van der Waals surface area contributed by atoms with Crippen molar-refractivity contribution < 1.29 is 28.6 Å². The quantitative estimate of drug-likeness (QED) is 0.652. The monoisotopic (exact) mass is 307 g/mol. The van der Waals surface area contributed by atoms with E-state index in [1.165, 1.54) is 6.92 Å². The molecule has 1 fully saturated rings. The Labute approximate surface area is 127 Å². The zero-order valence-electron chi connectivity index (χ0n) is 12.3. The summed E-state index contributed by atoms with van der Waals surface area (Å²) in [5, 5.41) is 2.42. The molecule has 1 saturated heterocycles. The molecule has 0 aromatic heterocycles. The van der Waals surface area contributed by atoms with Gasteiger partial charge in [-0.25, -0.2) is 4.79 Å².